The van der Waals surface area contributed by atoms with Gasteiger partial charge in [-0.2, -0.15) is 0 Å². The molecule has 152 valence electrons. The number of rotatable bonds is 8. The van der Waals surface area contributed by atoms with Crippen molar-refractivity contribution in [3.8, 4) is 11.5 Å². The summed E-state index contributed by atoms with van der Waals surface area (Å²) in [5.74, 6) is 3.62. The minimum absolute atomic E-state index is 0.0349. The average Bonchev–Trinajstić information content (AvgIpc) is 2.64. The van der Waals surface area contributed by atoms with Gasteiger partial charge in [0, 0.05) is 12.1 Å². The Hall–Kier alpha value is -2.04. The Morgan fingerprint density at radius 1 is 1.07 bits per heavy atom. The summed E-state index contributed by atoms with van der Waals surface area (Å²) in [7, 11) is 1.53. The van der Waals surface area contributed by atoms with Crippen molar-refractivity contribution in [3.63, 3.8) is 0 Å². The first-order chi connectivity index (χ1) is 13.5. The number of methoxy groups -OCH3 is 1. The maximum absolute atomic E-state index is 12.2. The molecule has 4 bridgehead atoms. The Labute approximate surface area is 167 Å². The molecular formula is C23H31NO4. The maximum atomic E-state index is 12.2. The van der Waals surface area contributed by atoms with E-state index in [4.69, 9.17) is 9.47 Å². The first-order valence-electron chi connectivity index (χ1n) is 10.5. The third-order valence-corrected chi connectivity index (χ3v) is 7.07. The van der Waals surface area contributed by atoms with Crippen LogP contribution in [-0.4, -0.2) is 32.0 Å². The van der Waals surface area contributed by atoms with Crippen molar-refractivity contribution in [2.75, 3.05) is 20.3 Å². The molecule has 0 aromatic heterocycles. The molecular weight excluding hydrogens is 354 g/mol. The fourth-order valence-corrected chi connectivity index (χ4v) is 6.26. The summed E-state index contributed by atoms with van der Waals surface area (Å²) in [6.45, 7) is 2.19. The lowest BCUT2D eigenvalue weighted by molar-refractivity contribution is -0.123. The number of carbonyl (C=O) groups excluding carboxylic acids is 2. The summed E-state index contributed by atoms with van der Waals surface area (Å²) in [4.78, 5) is 23.7. The fraction of sp³-hybridized carbons (Fsp3) is 0.652. The van der Waals surface area contributed by atoms with Gasteiger partial charge in [0.25, 0.3) is 5.91 Å². The highest BCUT2D eigenvalue weighted by Gasteiger charge is 2.50. The van der Waals surface area contributed by atoms with Crippen LogP contribution in [0.25, 0.3) is 0 Å². The van der Waals surface area contributed by atoms with E-state index >= 15 is 0 Å². The molecule has 1 amide bonds. The number of ether oxygens (including phenoxy) is 2. The van der Waals surface area contributed by atoms with Crippen molar-refractivity contribution in [3.05, 3.63) is 23.8 Å². The highest BCUT2D eigenvalue weighted by atomic mass is 16.5. The van der Waals surface area contributed by atoms with Crippen LogP contribution in [0.4, 0.5) is 0 Å². The van der Waals surface area contributed by atoms with E-state index < -0.39 is 0 Å². The molecule has 0 saturated heterocycles. The van der Waals surface area contributed by atoms with E-state index in [1.807, 2.05) is 0 Å². The summed E-state index contributed by atoms with van der Waals surface area (Å²) in [6.07, 6.45) is 9.54. The molecule has 5 heteroatoms. The fourth-order valence-electron chi connectivity index (χ4n) is 6.26. The number of Topliss-reactive ketones (excluding diaryl/α,β-unsaturated/α-hetero) is 1. The van der Waals surface area contributed by atoms with Crippen LogP contribution in [0.1, 0.15) is 62.2 Å². The normalized spacial score (nSPS) is 30.1. The molecule has 28 heavy (non-hydrogen) atoms. The summed E-state index contributed by atoms with van der Waals surface area (Å²) in [6, 6.07) is 5.01. The van der Waals surface area contributed by atoms with Crippen LogP contribution in [-0.2, 0) is 4.79 Å². The predicted molar refractivity (Wildman–Crippen MR) is 107 cm³/mol. The number of ketones is 1. The van der Waals surface area contributed by atoms with Crippen LogP contribution in [0.15, 0.2) is 18.2 Å². The monoisotopic (exact) mass is 385 g/mol. The van der Waals surface area contributed by atoms with Crippen LogP contribution in [0.3, 0.4) is 0 Å². The van der Waals surface area contributed by atoms with E-state index in [2.05, 4.69) is 5.32 Å². The minimum Gasteiger partial charge on any atom is -0.493 e. The third-order valence-electron chi connectivity index (χ3n) is 7.07. The average molecular weight is 386 g/mol. The van der Waals surface area contributed by atoms with E-state index in [1.54, 1.807) is 18.2 Å². The number of nitrogens with one attached hydrogen (secondary N) is 1. The van der Waals surface area contributed by atoms with E-state index in [1.165, 1.54) is 52.6 Å². The largest absolute Gasteiger partial charge is 0.493 e. The lowest BCUT2D eigenvalue weighted by atomic mass is 9.49. The first kappa shape index (κ1) is 19.3. The molecule has 5 nitrogen and oxygen atoms in total. The van der Waals surface area contributed by atoms with Gasteiger partial charge < -0.3 is 14.8 Å². The zero-order valence-electron chi connectivity index (χ0n) is 17.0. The van der Waals surface area contributed by atoms with Gasteiger partial charge in [0.1, 0.15) is 0 Å². The molecule has 0 aliphatic heterocycles. The third kappa shape index (κ3) is 4.03. The molecule has 4 aliphatic rings. The van der Waals surface area contributed by atoms with Gasteiger partial charge in [0.05, 0.1) is 7.11 Å². The summed E-state index contributed by atoms with van der Waals surface area (Å²) in [5, 5.41) is 3.04. The van der Waals surface area contributed by atoms with Crippen molar-refractivity contribution in [1.82, 2.24) is 5.32 Å². The van der Waals surface area contributed by atoms with E-state index in [0.29, 0.717) is 22.5 Å². The number of hydrogen-bond acceptors (Lipinski definition) is 4. The van der Waals surface area contributed by atoms with E-state index in [0.717, 1.165) is 30.7 Å². The van der Waals surface area contributed by atoms with E-state index in [-0.39, 0.29) is 18.3 Å². The number of benzene rings is 1. The Balaban J connectivity index is 1.25. The van der Waals surface area contributed by atoms with Gasteiger partial charge in [-0.1, -0.05) is 0 Å². The predicted octanol–water partition coefficient (Wildman–Crippen LogP) is 4.00. The molecule has 1 aromatic carbocycles. The molecule has 0 heterocycles. The van der Waals surface area contributed by atoms with Crippen LogP contribution in [0.5, 0.6) is 11.5 Å². The lowest BCUT2D eigenvalue weighted by Crippen LogP contribution is -2.47. The van der Waals surface area contributed by atoms with Crippen molar-refractivity contribution in [1.29, 1.82) is 0 Å². The van der Waals surface area contributed by atoms with Crippen molar-refractivity contribution in [2.24, 2.45) is 23.2 Å². The first-order valence-corrected chi connectivity index (χ1v) is 10.5. The smallest absolute Gasteiger partial charge is 0.257 e. The van der Waals surface area contributed by atoms with Crippen LogP contribution in [0, 0.1) is 23.2 Å². The van der Waals surface area contributed by atoms with Crippen LogP contribution >= 0.6 is 0 Å². The zero-order chi connectivity index (χ0) is 19.7. The van der Waals surface area contributed by atoms with Gasteiger partial charge in [0.15, 0.2) is 23.9 Å². The topological polar surface area (TPSA) is 64.6 Å². The minimum atomic E-state index is -0.109. The molecule has 0 radical (unpaired) electrons. The SMILES string of the molecule is COc1cc(C(C)=O)ccc1OCC(=O)NCCC12CC3CC(CC(C3)C1)C2. The van der Waals surface area contributed by atoms with Gasteiger partial charge >= 0.3 is 0 Å². The molecule has 4 saturated carbocycles. The van der Waals surface area contributed by atoms with Crippen LogP contribution < -0.4 is 14.8 Å². The number of carbonyl (C=O) groups is 2. The number of amides is 1. The maximum Gasteiger partial charge on any atom is 0.257 e. The Morgan fingerprint density at radius 2 is 1.71 bits per heavy atom. The number of hydrogen-bond donors (Lipinski definition) is 1. The molecule has 0 spiro atoms. The molecule has 0 atom stereocenters. The molecule has 1 N–H and O–H groups in total. The molecule has 1 aromatic rings. The summed E-state index contributed by atoms with van der Waals surface area (Å²) >= 11 is 0. The Morgan fingerprint density at radius 3 is 2.29 bits per heavy atom. The second-order valence-electron chi connectivity index (χ2n) is 9.23. The lowest BCUT2D eigenvalue weighted by Gasteiger charge is -2.57. The van der Waals surface area contributed by atoms with Gasteiger partial charge in [-0.25, -0.2) is 0 Å². The second kappa shape index (κ2) is 7.76. The summed E-state index contributed by atoms with van der Waals surface area (Å²) in [5.41, 5.74) is 1.04. The van der Waals surface area contributed by atoms with Crippen molar-refractivity contribution >= 4 is 11.7 Å². The van der Waals surface area contributed by atoms with E-state index in [9.17, 15) is 9.59 Å². The zero-order valence-corrected chi connectivity index (χ0v) is 17.0. The van der Waals surface area contributed by atoms with Gasteiger partial charge in [0.2, 0.25) is 0 Å². The van der Waals surface area contributed by atoms with Crippen molar-refractivity contribution < 1.29 is 19.1 Å². The second-order valence-corrected chi connectivity index (χ2v) is 9.23. The highest BCUT2D eigenvalue weighted by Crippen LogP contribution is 2.61. The quantitative estimate of drug-likeness (QED) is 0.687. The van der Waals surface area contributed by atoms with Gasteiger partial charge in [-0.15, -0.1) is 0 Å². The molecule has 4 aliphatic carbocycles. The van der Waals surface area contributed by atoms with Gasteiger partial charge in [-0.05, 0) is 93.2 Å². The summed E-state index contributed by atoms with van der Waals surface area (Å²) < 4.78 is 10.9. The van der Waals surface area contributed by atoms with Crippen LogP contribution in [0.2, 0.25) is 0 Å². The van der Waals surface area contributed by atoms with Crippen molar-refractivity contribution in [2.45, 2.75) is 51.9 Å². The Kier molecular flexibility index (Phi) is 5.35. The molecule has 0 unspecified atom stereocenters. The standard InChI is InChI=1S/C23H31NO4/c1-15(25)19-3-4-20(21(10-19)27-2)28-14-22(26)24-6-5-23-11-16-7-17(12-23)9-18(8-16)13-23/h3-4,10,16-18H,5-9,11-14H2,1-2H3,(H,24,26). The van der Waals surface area contributed by atoms with Gasteiger partial charge in [-0.3, -0.25) is 9.59 Å². The Bertz CT molecular complexity index is 722. The molecule has 4 fully saturated rings. The molecule has 5 rings (SSSR count). The highest BCUT2D eigenvalue weighted by molar-refractivity contribution is 5.94.